The van der Waals surface area contributed by atoms with E-state index in [0.717, 1.165) is 18.0 Å². The number of carbonyl (C=O) groups is 1. The summed E-state index contributed by atoms with van der Waals surface area (Å²) in [6, 6.07) is 0. The van der Waals surface area contributed by atoms with Crippen LogP contribution in [0.1, 0.15) is 18.0 Å². The van der Waals surface area contributed by atoms with Gasteiger partial charge in [0.15, 0.2) is 15.7 Å². The van der Waals surface area contributed by atoms with Gasteiger partial charge in [-0.05, 0) is 6.92 Å². The molecule has 0 bridgehead atoms. The standard InChI is InChI=1S/C7H10N2O5S2/c1-4(16(2,12)13)6-8-7(14-9-6)15-3-5(10)11/h4H,3H2,1-2H3,(H,10,11). The van der Waals surface area contributed by atoms with Gasteiger partial charge < -0.3 is 9.63 Å². The first kappa shape index (κ1) is 13.0. The summed E-state index contributed by atoms with van der Waals surface area (Å²) in [5.74, 6) is -1.19. The fraction of sp³-hybridized carbons (Fsp3) is 0.571. The Labute approximate surface area is 96.1 Å². The number of hydrogen-bond acceptors (Lipinski definition) is 7. The van der Waals surface area contributed by atoms with Gasteiger partial charge in [0.2, 0.25) is 0 Å². The highest BCUT2D eigenvalue weighted by atomic mass is 32.2. The Morgan fingerprint density at radius 3 is 2.75 bits per heavy atom. The van der Waals surface area contributed by atoms with Crippen molar-refractivity contribution in [3.8, 4) is 0 Å². The van der Waals surface area contributed by atoms with Gasteiger partial charge in [0.1, 0.15) is 11.0 Å². The molecule has 90 valence electrons. The van der Waals surface area contributed by atoms with E-state index in [9.17, 15) is 13.2 Å². The van der Waals surface area contributed by atoms with E-state index in [1.807, 2.05) is 0 Å². The van der Waals surface area contributed by atoms with Crippen molar-refractivity contribution in [3.63, 3.8) is 0 Å². The summed E-state index contributed by atoms with van der Waals surface area (Å²) in [6.45, 7) is 1.44. The molecule has 0 aliphatic rings. The van der Waals surface area contributed by atoms with Crippen LogP contribution in [0, 0.1) is 0 Å². The molecule has 0 aromatic carbocycles. The average molecular weight is 266 g/mol. The van der Waals surface area contributed by atoms with Crippen molar-refractivity contribution in [2.24, 2.45) is 0 Å². The molecule has 9 heteroatoms. The number of carboxylic acids is 1. The largest absolute Gasteiger partial charge is 0.481 e. The van der Waals surface area contributed by atoms with Crippen LogP contribution in [0.4, 0.5) is 0 Å². The minimum absolute atomic E-state index is 0.0374. The van der Waals surface area contributed by atoms with Crippen molar-refractivity contribution in [2.45, 2.75) is 17.4 Å². The predicted molar refractivity (Wildman–Crippen MR) is 55.9 cm³/mol. The SMILES string of the molecule is CC(c1noc(SCC(=O)O)n1)S(C)(=O)=O. The first-order valence-corrected chi connectivity index (χ1v) is 7.12. The van der Waals surface area contributed by atoms with Crippen molar-refractivity contribution < 1.29 is 22.8 Å². The molecule has 7 nitrogen and oxygen atoms in total. The van der Waals surface area contributed by atoms with Crippen LogP contribution in [0.5, 0.6) is 0 Å². The van der Waals surface area contributed by atoms with E-state index in [2.05, 4.69) is 10.1 Å². The zero-order chi connectivity index (χ0) is 12.3. The fourth-order valence-corrected chi connectivity index (χ4v) is 1.73. The molecule has 1 heterocycles. The molecule has 1 unspecified atom stereocenters. The van der Waals surface area contributed by atoms with Crippen LogP contribution in [0.25, 0.3) is 0 Å². The minimum Gasteiger partial charge on any atom is -0.481 e. The zero-order valence-electron chi connectivity index (χ0n) is 8.58. The van der Waals surface area contributed by atoms with Crippen molar-refractivity contribution in [2.75, 3.05) is 12.0 Å². The Morgan fingerprint density at radius 1 is 1.62 bits per heavy atom. The van der Waals surface area contributed by atoms with E-state index >= 15 is 0 Å². The highest BCUT2D eigenvalue weighted by Gasteiger charge is 2.23. The second-order valence-corrected chi connectivity index (χ2v) is 6.37. The molecular formula is C7H10N2O5S2. The number of aliphatic carboxylic acids is 1. The minimum atomic E-state index is -3.28. The molecule has 1 aromatic rings. The first-order valence-electron chi connectivity index (χ1n) is 4.17. The average Bonchev–Trinajstić information content (AvgIpc) is 2.60. The Hall–Kier alpha value is -1.09. The summed E-state index contributed by atoms with van der Waals surface area (Å²) in [5, 5.41) is 11.1. The third-order valence-electron chi connectivity index (χ3n) is 1.75. The smallest absolute Gasteiger partial charge is 0.314 e. The summed E-state index contributed by atoms with van der Waals surface area (Å²) < 4.78 is 27.1. The van der Waals surface area contributed by atoms with Gasteiger partial charge in [-0.2, -0.15) is 4.98 Å². The second kappa shape index (κ2) is 4.83. The normalized spacial score (nSPS) is 13.6. The van der Waals surface area contributed by atoms with Gasteiger partial charge >= 0.3 is 5.97 Å². The Balaban J connectivity index is 2.75. The topological polar surface area (TPSA) is 110 Å². The van der Waals surface area contributed by atoms with Crippen molar-refractivity contribution >= 4 is 27.6 Å². The fourth-order valence-electron chi connectivity index (χ4n) is 0.759. The summed E-state index contributed by atoms with van der Waals surface area (Å²) in [6.07, 6.45) is 1.07. The summed E-state index contributed by atoms with van der Waals surface area (Å²) in [7, 11) is -3.28. The summed E-state index contributed by atoms with van der Waals surface area (Å²) >= 11 is 0.843. The zero-order valence-corrected chi connectivity index (χ0v) is 10.2. The van der Waals surface area contributed by atoms with E-state index in [0.29, 0.717) is 0 Å². The Bertz CT molecular complexity index is 481. The molecule has 0 radical (unpaired) electrons. The van der Waals surface area contributed by atoms with E-state index in [4.69, 9.17) is 9.63 Å². The quantitative estimate of drug-likeness (QED) is 0.760. The number of thioether (sulfide) groups is 1. The molecule has 0 aliphatic carbocycles. The highest BCUT2D eigenvalue weighted by molar-refractivity contribution is 7.99. The number of rotatable bonds is 5. The predicted octanol–water partition coefficient (Wildman–Crippen LogP) is 0.352. The van der Waals surface area contributed by atoms with Gasteiger partial charge in [0.25, 0.3) is 5.22 Å². The molecule has 1 N–H and O–H groups in total. The number of nitrogens with zero attached hydrogens (tertiary/aromatic N) is 2. The maximum absolute atomic E-state index is 11.2. The lowest BCUT2D eigenvalue weighted by Crippen LogP contribution is -2.09. The van der Waals surface area contributed by atoms with E-state index < -0.39 is 21.1 Å². The molecule has 1 rings (SSSR count). The molecule has 0 saturated heterocycles. The van der Waals surface area contributed by atoms with Crippen LogP contribution in [0.15, 0.2) is 9.75 Å². The van der Waals surface area contributed by atoms with Gasteiger partial charge in [0, 0.05) is 6.26 Å². The molecule has 16 heavy (non-hydrogen) atoms. The molecule has 0 saturated carbocycles. The molecular weight excluding hydrogens is 256 g/mol. The molecule has 1 aromatic heterocycles. The van der Waals surface area contributed by atoms with Crippen LogP contribution in [0.3, 0.4) is 0 Å². The number of carboxylic acid groups (broad SMARTS) is 1. The van der Waals surface area contributed by atoms with Crippen LogP contribution < -0.4 is 0 Å². The first-order chi connectivity index (χ1) is 7.30. The van der Waals surface area contributed by atoms with Gasteiger partial charge in [-0.3, -0.25) is 4.79 Å². The monoisotopic (exact) mass is 266 g/mol. The van der Waals surface area contributed by atoms with Crippen molar-refractivity contribution in [1.29, 1.82) is 0 Å². The summed E-state index contributed by atoms with van der Waals surface area (Å²) in [5.41, 5.74) is 0. The second-order valence-electron chi connectivity index (χ2n) is 3.07. The van der Waals surface area contributed by atoms with E-state index in [1.54, 1.807) is 0 Å². The number of hydrogen-bond donors (Lipinski definition) is 1. The number of sulfone groups is 1. The van der Waals surface area contributed by atoms with Gasteiger partial charge in [0.05, 0.1) is 0 Å². The van der Waals surface area contributed by atoms with Crippen molar-refractivity contribution in [1.82, 2.24) is 10.1 Å². The van der Waals surface area contributed by atoms with Crippen LogP contribution in [-0.2, 0) is 14.6 Å². The molecule has 0 amide bonds. The maximum atomic E-state index is 11.2. The highest BCUT2D eigenvalue weighted by Crippen LogP contribution is 2.21. The van der Waals surface area contributed by atoms with Crippen molar-refractivity contribution in [3.05, 3.63) is 5.82 Å². The molecule has 0 fully saturated rings. The van der Waals surface area contributed by atoms with E-state index in [1.165, 1.54) is 6.92 Å². The number of aromatic nitrogens is 2. The Morgan fingerprint density at radius 2 is 2.25 bits per heavy atom. The molecule has 0 spiro atoms. The van der Waals surface area contributed by atoms with Crippen LogP contribution >= 0.6 is 11.8 Å². The molecule has 0 aliphatic heterocycles. The lowest BCUT2D eigenvalue weighted by molar-refractivity contribution is -0.133. The molecule has 1 atom stereocenters. The van der Waals surface area contributed by atoms with Crippen LogP contribution in [-0.4, -0.2) is 41.6 Å². The maximum Gasteiger partial charge on any atom is 0.314 e. The Kier molecular flexibility index (Phi) is 3.92. The third-order valence-corrected chi connectivity index (χ3v) is 4.05. The van der Waals surface area contributed by atoms with Gasteiger partial charge in [-0.25, -0.2) is 8.42 Å². The summed E-state index contributed by atoms with van der Waals surface area (Å²) in [4.78, 5) is 14.1. The lowest BCUT2D eigenvalue weighted by Gasteiger charge is -2.01. The van der Waals surface area contributed by atoms with Gasteiger partial charge in [-0.15, -0.1) is 0 Å². The van der Waals surface area contributed by atoms with Crippen LogP contribution in [0.2, 0.25) is 0 Å². The lowest BCUT2D eigenvalue weighted by atomic mass is 10.5. The van der Waals surface area contributed by atoms with E-state index in [-0.39, 0.29) is 16.8 Å². The third kappa shape index (κ3) is 3.49. The van der Waals surface area contributed by atoms with Gasteiger partial charge in [-0.1, -0.05) is 16.9 Å².